The van der Waals surface area contributed by atoms with E-state index in [2.05, 4.69) is 48.6 Å². The molecule has 0 fully saturated rings. The van der Waals surface area contributed by atoms with Crippen molar-refractivity contribution in [3.63, 3.8) is 0 Å². The van der Waals surface area contributed by atoms with Gasteiger partial charge in [-0.25, -0.2) is 0 Å². The van der Waals surface area contributed by atoms with Crippen LogP contribution < -0.4 is 10.1 Å². The molecule has 0 saturated heterocycles. The Morgan fingerprint density at radius 2 is 1.88 bits per heavy atom. The van der Waals surface area contributed by atoms with Gasteiger partial charge in [0.05, 0.1) is 6.54 Å². The Morgan fingerprint density at radius 3 is 2.69 bits per heavy atom. The van der Waals surface area contributed by atoms with Crippen molar-refractivity contribution < 1.29 is 10.1 Å². The molecule has 0 radical (unpaired) electrons. The summed E-state index contributed by atoms with van der Waals surface area (Å²) in [6.45, 7) is 5.05. The number of ether oxygens (including phenoxy) is 1. The molecule has 0 unspecified atom stereocenters. The van der Waals surface area contributed by atoms with Crippen molar-refractivity contribution in [2.45, 2.75) is 6.92 Å². The van der Waals surface area contributed by atoms with Crippen molar-refractivity contribution in [2.24, 2.45) is 0 Å². The van der Waals surface area contributed by atoms with Crippen molar-refractivity contribution in [1.82, 2.24) is 0 Å². The smallest absolute Gasteiger partial charge is 0.137 e. The van der Waals surface area contributed by atoms with Crippen molar-refractivity contribution in [3.05, 3.63) is 42.5 Å². The van der Waals surface area contributed by atoms with Crippen LogP contribution in [0.1, 0.15) is 6.92 Å². The number of fused-ring (bicyclic) bond motifs is 1. The van der Waals surface area contributed by atoms with Gasteiger partial charge in [-0.2, -0.15) is 0 Å². The number of benzene rings is 2. The van der Waals surface area contributed by atoms with Crippen LogP contribution in [0.15, 0.2) is 42.5 Å². The zero-order chi connectivity index (χ0) is 11.2. The molecule has 2 N–H and O–H groups in total. The highest BCUT2D eigenvalue weighted by Crippen LogP contribution is 2.20. The van der Waals surface area contributed by atoms with Gasteiger partial charge < -0.3 is 10.1 Å². The average Bonchev–Trinajstić information content (AvgIpc) is 2.34. The van der Waals surface area contributed by atoms with Gasteiger partial charge in [-0.15, -0.1) is 0 Å². The lowest BCUT2D eigenvalue weighted by molar-refractivity contribution is -0.652. The molecule has 0 aliphatic carbocycles. The van der Waals surface area contributed by atoms with Crippen LogP contribution in [-0.2, 0) is 0 Å². The highest BCUT2D eigenvalue weighted by atomic mass is 16.5. The zero-order valence-electron chi connectivity index (χ0n) is 9.65. The van der Waals surface area contributed by atoms with Gasteiger partial charge in [0.2, 0.25) is 0 Å². The number of quaternary nitrogens is 1. The minimum absolute atomic E-state index is 0.770. The van der Waals surface area contributed by atoms with E-state index in [0.717, 1.165) is 25.4 Å². The molecule has 0 heterocycles. The second-order valence-corrected chi connectivity index (χ2v) is 3.84. The Hall–Kier alpha value is -1.54. The first-order valence-corrected chi connectivity index (χ1v) is 5.83. The number of nitrogens with two attached hydrogens (primary N) is 1. The largest absolute Gasteiger partial charge is 0.488 e. The van der Waals surface area contributed by atoms with Crippen LogP contribution in [0.5, 0.6) is 5.75 Å². The fraction of sp³-hybridized carbons (Fsp3) is 0.286. The molecule has 2 rings (SSSR count). The number of hydrogen-bond acceptors (Lipinski definition) is 1. The second kappa shape index (κ2) is 5.52. The molecule has 84 valence electrons. The van der Waals surface area contributed by atoms with Crippen LogP contribution in [0.2, 0.25) is 0 Å². The highest BCUT2D eigenvalue weighted by molar-refractivity contribution is 5.83. The van der Waals surface area contributed by atoms with Crippen molar-refractivity contribution >= 4 is 10.8 Å². The molecule has 2 aromatic carbocycles. The Kier molecular flexibility index (Phi) is 3.78. The van der Waals surface area contributed by atoms with Gasteiger partial charge in [0.25, 0.3) is 0 Å². The molecule has 0 aromatic heterocycles. The van der Waals surface area contributed by atoms with E-state index >= 15 is 0 Å². The molecule has 0 amide bonds. The Balaban J connectivity index is 2.02. The van der Waals surface area contributed by atoms with E-state index in [-0.39, 0.29) is 0 Å². The van der Waals surface area contributed by atoms with Gasteiger partial charge >= 0.3 is 0 Å². The first kappa shape index (κ1) is 11.0. The summed E-state index contributed by atoms with van der Waals surface area (Å²) in [6, 6.07) is 14.6. The number of likely N-dealkylation sites (N-methyl/N-ethyl adjacent to an activating group) is 1. The molecule has 0 bridgehead atoms. The van der Waals surface area contributed by atoms with Gasteiger partial charge in [0.15, 0.2) is 0 Å². The lowest BCUT2D eigenvalue weighted by Crippen LogP contribution is -2.84. The Labute approximate surface area is 96.2 Å². The summed E-state index contributed by atoms with van der Waals surface area (Å²) in [6.07, 6.45) is 0. The molecular formula is C14H18NO+. The maximum absolute atomic E-state index is 5.68. The van der Waals surface area contributed by atoms with Crippen LogP contribution in [0.3, 0.4) is 0 Å². The summed E-state index contributed by atoms with van der Waals surface area (Å²) < 4.78 is 5.68. The molecule has 2 aromatic rings. The molecule has 16 heavy (non-hydrogen) atoms. The fourth-order valence-corrected chi connectivity index (χ4v) is 1.72. The van der Waals surface area contributed by atoms with Crippen LogP contribution in [0, 0.1) is 0 Å². The summed E-state index contributed by atoms with van der Waals surface area (Å²) >= 11 is 0. The fourth-order valence-electron chi connectivity index (χ4n) is 1.72. The predicted molar refractivity (Wildman–Crippen MR) is 66.8 cm³/mol. The summed E-state index contributed by atoms with van der Waals surface area (Å²) in [5, 5.41) is 4.73. The summed E-state index contributed by atoms with van der Waals surface area (Å²) in [4.78, 5) is 0. The zero-order valence-corrected chi connectivity index (χ0v) is 9.65. The number of rotatable bonds is 5. The van der Waals surface area contributed by atoms with Crippen LogP contribution >= 0.6 is 0 Å². The van der Waals surface area contributed by atoms with Gasteiger partial charge in [0.1, 0.15) is 18.9 Å². The minimum Gasteiger partial charge on any atom is -0.488 e. The van der Waals surface area contributed by atoms with E-state index in [1.54, 1.807) is 0 Å². The lowest BCUT2D eigenvalue weighted by atomic mass is 10.1. The minimum atomic E-state index is 0.770. The SMILES string of the molecule is CC[NH2+]CCOc1ccc2ccccc2c1. The molecule has 0 aliphatic rings. The average molecular weight is 216 g/mol. The lowest BCUT2D eigenvalue weighted by Gasteiger charge is -2.06. The second-order valence-electron chi connectivity index (χ2n) is 3.84. The van der Waals surface area contributed by atoms with Crippen molar-refractivity contribution in [2.75, 3.05) is 19.7 Å². The summed E-state index contributed by atoms with van der Waals surface area (Å²) in [7, 11) is 0. The van der Waals surface area contributed by atoms with E-state index < -0.39 is 0 Å². The first-order chi connectivity index (χ1) is 7.90. The molecule has 0 atom stereocenters. The molecular weight excluding hydrogens is 198 g/mol. The van der Waals surface area contributed by atoms with E-state index in [4.69, 9.17) is 4.74 Å². The maximum atomic E-state index is 5.68. The third-order valence-electron chi connectivity index (χ3n) is 2.60. The molecule has 0 aliphatic heterocycles. The third-order valence-corrected chi connectivity index (χ3v) is 2.60. The van der Waals surface area contributed by atoms with Gasteiger partial charge in [-0.05, 0) is 29.8 Å². The number of hydrogen-bond donors (Lipinski definition) is 1. The monoisotopic (exact) mass is 216 g/mol. The van der Waals surface area contributed by atoms with Crippen LogP contribution in [-0.4, -0.2) is 19.7 Å². The van der Waals surface area contributed by atoms with E-state index in [1.165, 1.54) is 10.8 Å². The highest BCUT2D eigenvalue weighted by Gasteiger charge is 1.97. The van der Waals surface area contributed by atoms with E-state index in [1.807, 2.05) is 6.07 Å². The third kappa shape index (κ3) is 2.74. The Morgan fingerprint density at radius 1 is 1.06 bits per heavy atom. The quantitative estimate of drug-likeness (QED) is 0.758. The van der Waals surface area contributed by atoms with Crippen molar-refractivity contribution in [1.29, 1.82) is 0 Å². The molecule has 0 saturated carbocycles. The molecule has 2 nitrogen and oxygen atoms in total. The topological polar surface area (TPSA) is 25.8 Å². The summed E-state index contributed by atoms with van der Waals surface area (Å²) in [5.74, 6) is 0.961. The van der Waals surface area contributed by atoms with Crippen molar-refractivity contribution in [3.8, 4) is 5.75 Å². The van der Waals surface area contributed by atoms with E-state index in [9.17, 15) is 0 Å². The Bertz CT molecular complexity index is 453. The van der Waals surface area contributed by atoms with E-state index in [0.29, 0.717) is 0 Å². The van der Waals surface area contributed by atoms with Gasteiger partial charge in [-0.1, -0.05) is 30.3 Å². The standard InChI is InChI=1S/C14H17NO/c1-2-15-9-10-16-14-8-7-12-5-3-4-6-13(12)11-14/h3-8,11,15H,2,9-10H2,1H3/p+1. The summed E-state index contributed by atoms with van der Waals surface area (Å²) in [5.41, 5.74) is 0. The first-order valence-electron chi connectivity index (χ1n) is 5.83. The predicted octanol–water partition coefficient (Wildman–Crippen LogP) is 1.80. The maximum Gasteiger partial charge on any atom is 0.137 e. The van der Waals surface area contributed by atoms with Crippen LogP contribution in [0.4, 0.5) is 0 Å². The van der Waals surface area contributed by atoms with Crippen LogP contribution in [0.25, 0.3) is 10.8 Å². The van der Waals surface area contributed by atoms with Gasteiger partial charge in [-0.3, -0.25) is 0 Å². The normalized spacial score (nSPS) is 10.6. The molecule has 2 heteroatoms. The van der Waals surface area contributed by atoms with Gasteiger partial charge in [0, 0.05) is 0 Å². The molecule has 0 spiro atoms.